The van der Waals surface area contributed by atoms with E-state index in [0.29, 0.717) is 17.8 Å². The van der Waals surface area contributed by atoms with Crippen molar-refractivity contribution in [1.82, 2.24) is 5.32 Å². The van der Waals surface area contributed by atoms with Crippen molar-refractivity contribution in [2.75, 3.05) is 7.11 Å². The molecule has 0 bridgehead atoms. The first-order valence-corrected chi connectivity index (χ1v) is 4.59. The van der Waals surface area contributed by atoms with E-state index in [4.69, 9.17) is 18.0 Å². The van der Waals surface area contributed by atoms with Gasteiger partial charge in [-0.1, -0.05) is 26.1 Å². The Kier molecular flexibility index (Phi) is 4.69. The number of nitrogens with two attached hydrogens (primary N) is 1. The number of amides is 1. The second-order valence-corrected chi connectivity index (χ2v) is 3.21. The predicted molar refractivity (Wildman–Crippen MR) is 55.6 cm³/mol. The van der Waals surface area contributed by atoms with E-state index in [1.54, 1.807) is 0 Å². The van der Waals surface area contributed by atoms with Gasteiger partial charge in [-0.15, -0.1) is 0 Å². The van der Waals surface area contributed by atoms with E-state index in [1.807, 2.05) is 13.8 Å². The highest BCUT2D eigenvalue weighted by Gasteiger charge is 2.31. The van der Waals surface area contributed by atoms with Crippen LogP contribution in [0.5, 0.6) is 0 Å². The van der Waals surface area contributed by atoms with E-state index < -0.39 is 11.6 Å². The van der Waals surface area contributed by atoms with Gasteiger partial charge in [0.15, 0.2) is 0 Å². The lowest BCUT2D eigenvalue weighted by atomic mass is 9.93. The van der Waals surface area contributed by atoms with Crippen molar-refractivity contribution in [2.45, 2.75) is 32.2 Å². The third kappa shape index (κ3) is 2.84. The average molecular weight is 204 g/mol. The summed E-state index contributed by atoms with van der Waals surface area (Å²) in [6.45, 7) is 3.83. The molecule has 0 aliphatic rings. The standard InChI is InChI=1S/C8H16N2O2S/c1-4-8(5-2,6(9)13)10-7(11)12-3/h4-5H2,1-3H3,(H2,9,13)(H,10,11). The van der Waals surface area contributed by atoms with Gasteiger partial charge in [-0.05, 0) is 12.8 Å². The molecule has 0 aromatic heterocycles. The second kappa shape index (κ2) is 5.01. The Morgan fingerprint density at radius 2 is 2.00 bits per heavy atom. The lowest BCUT2D eigenvalue weighted by Crippen LogP contribution is -2.55. The molecule has 0 saturated carbocycles. The van der Waals surface area contributed by atoms with Gasteiger partial charge in [0.05, 0.1) is 17.6 Å². The Bertz CT molecular complexity index is 202. The molecule has 0 aromatic rings. The molecule has 76 valence electrons. The smallest absolute Gasteiger partial charge is 0.407 e. The van der Waals surface area contributed by atoms with Gasteiger partial charge in [0.2, 0.25) is 0 Å². The number of rotatable bonds is 4. The predicted octanol–water partition coefficient (Wildman–Crippen LogP) is 1.19. The number of ether oxygens (including phenoxy) is 1. The first-order chi connectivity index (χ1) is 6.02. The Hall–Kier alpha value is -0.840. The van der Waals surface area contributed by atoms with Gasteiger partial charge in [-0.3, -0.25) is 0 Å². The van der Waals surface area contributed by atoms with Crippen LogP contribution in [-0.2, 0) is 4.74 Å². The molecule has 0 fully saturated rings. The molecule has 1 amide bonds. The maximum atomic E-state index is 11.0. The molecule has 0 unspecified atom stereocenters. The first kappa shape index (κ1) is 12.2. The summed E-state index contributed by atoms with van der Waals surface area (Å²) in [5.41, 5.74) is 4.95. The van der Waals surface area contributed by atoms with E-state index >= 15 is 0 Å². The number of carbonyl (C=O) groups is 1. The summed E-state index contributed by atoms with van der Waals surface area (Å²) in [7, 11) is 1.31. The number of carbonyl (C=O) groups excluding carboxylic acids is 1. The molecule has 0 radical (unpaired) electrons. The van der Waals surface area contributed by atoms with E-state index in [9.17, 15) is 4.79 Å². The zero-order valence-electron chi connectivity index (χ0n) is 8.22. The lowest BCUT2D eigenvalue weighted by molar-refractivity contribution is 0.161. The van der Waals surface area contributed by atoms with Crippen LogP contribution >= 0.6 is 12.2 Å². The number of nitrogens with one attached hydrogen (secondary N) is 1. The molecule has 0 rings (SSSR count). The minimum Gasteiger partial charge on any atom is -0.453 e. The van der Waals surface area contributed by atoms with Crippen LogP contribution in [0.2, 0.25) is 0 Å². The Labute approximate surface area is 83.8 Å². The summed E-state index contributed by atoms with van der Waals surface area (Å²) in [5, 5.41) is 2.65. The number of thiocarbonyl (C=S) groups is 1. The quantitative estimate of drug-likeness (QED) is 0.675. The summed E-state index contributed by atoms with van der Waals surface area (Å²) < 4.78 is 4.49. The maximum Gasteiger partial charge on any atom is 0.407 e. The zero-order chi connectivity index (χ0) is 10.5. The molecule has 0 heterocycles. The van der Waals surface area contributed by atoms with Crippen LogP contribution in [0.3, 0.4) is 0 Å². The summed E-state index contributed by atoms with van der Waals surface area (Å²) >= 11 is 4.90. The average Bonchev–Trinajstić information content (AvgIpc) is 2.13. The molecule has 0 spiro atoms. The fraction of sp³-hybridized carbons (Fsp3) is 0.750. The maximum absolute atomic E-state index is 11.0. The van der Waals surface area contributed by atoms with Crippen molar-refractivity contribution >= 4 is 23.3 Å². The van der Waals surface area contributed by atoms with Crippen LogP contribution in [-0.4, -0.2) is 23.7 Å². The highest BCUT2D eigenvalue weighted by atomic mass is 32.1. The van der Waals surface area contributed by atoms with Crippen molar-refractivity contribution in [1.29, 1.82) is 0 Å². The Morgan fingerprint density at radius 3 is 2.23 bits per heavy atom. The SMILES string of the molecule is CCC(CC)(NC(=O)OC)C(N)=S. The van der Waals surface area contributed by atoms with Crippen LogP contribution in [0.15, 0.2) is 0 Å². The van der Waals surface area contributed by atoms with Crippen LogP contribution in [0.4, 0.5) is 4.79 Å². The minimum absolute atomic E-state index is 0.294. The van der Waals surface area contributed by atoms with Crippen molar-refractivity contribution < 1.29 is 9.53 Å². The minimum atomic E-state index is -0.609. The van der Waals surface area contributed by atoms with Gasteiger partial charge in [0, 0.05) is 0 Å². The monoisotopic (exact) mass is 204 g/mol. The van der Waals surface area contributed by atoms with Gasteiger partial charge in [-0.2, -0.15) is 0 Å². The molecular formula is C8H16N2O2S. The summed E-state index contributed by atoms with van der Waals surface area (Å²) in [4.78, 5) is 11.3. The molecule has 5 heteroatoms. The summed E-state index contributed by atoms with van der Waals surface area (Å²) in [6, 6.07) is 0. The fourth-order valence-corrected chi connectivity index (χ4v) is 1.42. The molecular weight excluding hydrogens is 188 g/mol. The molecule has 4 nitrogen and oxygen atoms in total. The van der Waals surface area contributed by atoms with E-state index in [1.165, 1.54) is 7.11 Å². The molecule has 3 N–H and O–H groups in total. The van der Waals surface area contributed by atoms with Gasteiger partial charge in [0.1, 0.15) is 0 Å². The summed E-state index contributed by atoms with van der Waals surface area (Å²) in [6.07, 6.45) is 0.818. The molecule has 0 saturated heterocycles. The van der Waals surface area contributed by atoms with E-state index in [0.717, 1.165) is 0 Å². The van der Waals surface area contributed by atoms with E-state index in [2.05, 4.69) is 10.1 Å². The summed E-state index contributed by atoms with van der Waals surface area (Å²) in [5.74, 6) is 0. The van der Waals surface area contributed by atoms with Gasteiger partial charge >= 0.3 is 6.09 Å². The van der Waals surface area contributed by atoms with Gasteiger partial charge < -0.3 is 15.8 Å². The van der Waals surface area contributed by atoms with Gasteiger partial charge in [0.25, 0.3) is 0 Å². The highest BCUT2D eigenvalue weighted by Crippen LogP contribution is 2.15. The second-order valence-electron chi connectivity index (χ2n) is 2.77. The Balaban J connectivity index is 4.57. The number of methoxy groups -OCH3 is 1. The van der Waals surface area contributed by atoms with Crippen molar-refractivity contribution in [3.05, 3.63) is 0 Å². The molecule has 0 aromatic carbocycles. The van der Waals surface area contributed by atoms with Crippen molar-refractivity contribution in [2.24, 2.45) is 5.73 Å². The number of hydrogen-bond acceptors (Lipinski definition) is 3. The first-order valence-electron chi connectivity index (χ1n) is 4.18. The third-order valence-electron chi connectivity index (χ3n) is 2.21. The fourth-order valence-electron chi connectivity index (χ4n) is 1.08. The molecule has 0 aliphatic carbocycles. The van der Waals surface area contributed by atoms with Crippen molar-refractivity contribution in [3.63, 3.8) is 0 Å². The topological polar surface area (TPSA) is 64.3 Å². The largest absolute Gasteiger partial charge is 0.453 e. The third-order valence-corrected chi connectivity index (χ3v) is 2.60. The van der Waals surface area contributed by atoms with Crippen LogP contribution in [0.25, 0.3) is 0 Å². The number of alkyl carbamates (subject to hydrolysis) is 1. The Morgan fingerprint density at radius 1 is 1.54 bits per heavy atom. The normalized spacial score (nSPS) is 10.7. The highest BCUT2D eigenvalue weighted by molar-refractivity contribution is 7.80. The van der Waals surface area contributed by atoms with Gasteiger partial charge in [-0.25, -0.2) is 4.79 Å². The van der Waals surface area contributed by atoms with Crippen LogP contribution in [0, 0.1) is 0 Å². The van der Waals surface area contributed by atoms with Crippen molar-refractivity contribution in [3.8, 4) is 0 Å². The molecule has 13 heavy (non-hydrogen) atoms. The van der Waals surface area contributed by atoms with Crippen LogP contribution < -0.4 is 11.1 Å². The zero-order valence-corrected chi connectivity index (χ0v) is 9.03. The van der Waals surface area contributed by atoms with E-state index in [-0.39, 0.29) is 0 Å². The lowest BCUT2D eigenvalue weighted by Gasteiger charge is -2.30. The number of hydrogen-bond donors (Lipinski definition) is 2. The molecule has 0 aliphatic heterocycles. The van der Waals surface area contributed by atoms with Crippen LogP contribution in [0.1, 0.15) is 26.7 Å². The molecule has 0 atom stereocenters.